The van der Waals surface area contributed by atoms with Crippen LogP contribution in [-0.4, -0.2) is 39.1 Å². The molecule has 5 nitrogen and oxygen atoms in total. The summed E-state index contributed by atoms with van der Waals surface area (Å²) in [6, 6.07) is 0. The molecule has 0 radical (unpaired) electrons. The van der Waals surface area contributed by atoms with Crippen molar-refractivity contribution in [3.63, 3.8) is 0 Å². The Labute approximate surface area is 109 Å². The van der Waals surface area contributed by atoms with Crippen molar-refractivity contribution in [2.24, 2.45) is 11.1 Å². The third-order valence-electron chi connectivity index (χ3n) is 3.23. The summed E-state index contributed by atoms with van der Waals surface area (Å²) in [5.41, 5.74) is 4.32. The summed E-state index contributed by atoms with van der Waals surface area (Å²) in [4.78, 5) is 24.0. The van der Waals surface area contributed by atoms with Gasteiger partial charge >= 0.3 is 0 Å². The average Bonchev–Trinajstić information content (AvgIpc) is 2.36. The summed E-state index contributed by atoms with van der Waals surface area (Å²) in [5.74, 6) is -0.663. The zero-order chi connectivity index (χ0) is 14.0. The molecule has 0 aromatic carbocycles. The van der Waals surface area contributed by atoms with E-state index in [2.05, 4.69) is 0 Å². The Morgan fingerprint density at radius 2 is 1.61 bits per heavy atom. The lowest BCUT2D eigenvalue weighted by molar-refractivity contribution is -0.143. The number of hydrogen-bond acceptors (Lipinski definition) is 4. The summed E-state index contributed by atoms with van der Waals surface area (Å²) < 4.78 is 9.96. The highest BCUT2D eigenvalue weighted by atomic mass is 16.5. The van der Waals surface area contributed by atoms with Crippen molar-refractivity contribution in [1.29, 1.82) is 0 Å². The first-order chi connectivity index (χ1) is 8.55. The minimum atomic E-state index is -1.14. The molecule has 0 spiro atoms. The Bertz CT molecular complexity index is 258. The second-order valence-electron chi connectivity index (χ2n) is 4.46. The number of unbranched alkanes of at least 4 members (excludes halogenated alkanes) is 1. The van der Waals surface area contributed by atoms with Crippen molar-refractivity contribution < 1.29 is 19.1 Å². The molecule has 0 aromatic rings. The Hall–Kier alpha value is -0.940. The zero-order valence-electron chi connectivity index (χ0n) is 11.7. The van der Waals surface area contributed by atoms with Gasteiger partial charge < -0.3 is 15.2 Å². The summed E-state index contributed by atoms with van der Waals surface area (Å²) in [6.07, 6.45) is 2.71. The van der Waals surface area contributed by atoms with Crippen LogP contribution in [0.4, 0.5) is 0 Å². The number of carbonyl (C=O) groups excluding carboxylic acids is 2. The average molecular weight is 259 g/mol. The smallest absolute Gasteiger partial charge is 0.231 e. The van der Waals surface area contributed by atoms with Crippen molar-refractivity contribution in [3.8, 4) is 0 Å². The summed E-state index contributed by atoms with van der Waals surface area (Å²) in [5, 5.41) is 0. The van der Waals surface area contributed by atoms with Gasteiger partial charge in [-0.2, -0.15) is 0 Å². The maximum atomic E-state index is 12.3. The Kier molecular flexibility index (Phi) is 8.58. The number of carbonyl (C=O) groups is 2. The molecule has 1 amide bonds. The van der Waals surface area contributed by atoms with Crippen molar-refractivity contribution >= 4 is 11.7 Å². The van der Waals surface area contributed by atoms with Gasteiger partial charge in [0.25, 0.3) is 0 Å². The number of hydrogen-bond donors (Lipinski definition) is 1. The molecule has 0 aliphatic rings. The van der Waals surface area contributed by atoms with Gasteiger partial charge in [0.2, 0.25) is 5.91 Å². The molecule has 0 rings (SSSR count). The third kappa shape index (κ3) is 4.74. The zero-order valence-corrected chi connectivity index (χ0v) is 11.7. The molecule has 2 N–H and O–H groups in total. The summed E-state index contributed by atoms with van der Waals surface area (Å²) >= 11 is 0. The van der Waals surface area contributed by atoms with Gasteiger partial charge in [0.05, 0.1) is 0 Å². The lowest BCUT2D eigenvalue weighted by Crippen LogP contribution is -2.45. The molecule has 0 fully saturated rings. The van der Waals surface area contributed by atoms with Crippen molar-refractivity contribution in [2.45, 2.75) is 39.0 Å². The van der Waals surface area contributed by atoms with Crippen LogP contribution in [0.2, 0.25) is 0 Å². The van der Waals surface area contributed by atoms with Crippen LogP contribution in [0.5, 0.6) is 0 Å². The van der Waals surface area contributed by atoms with Gasteiger partial charge in [-0.1, -0.05) is 13.3 Å². The molecule has 0 saturated heterocycles. The molecular weight excluding hydrogens is 234 g/mol. The van der Waals surface area contributed by atoms with Crippen molar-refractivity contribution in [2.75, 3.05) is 27.4 Å². The van der Waals surface area contributed by atoms with Crippen LogP contribution in [0, 0.1) is 5.41 Å². The predicted molar refractivity (Wildman–Crippen MR) is 69.1 cm³/mol. The van der Waals surface area contributed by atoms with E-state index < -0.39 is 11.3 Å². The van der Waals surface area contributed by atoms with Crippen LogP contribution >= 0.6 is 0 Å². The van der Waals surface area contributed by atoms with E-state index in [1.54, 1.807) is 14.2 Å². The molecule has 0 saturated carbocycles. The van der Waals surface area contributed by atoms with Crippen LogP contribution in [-0.2, 0) is 19.1 Å². The van der Waals surface area contributed by atoms with Gasteiger partial charge in [0.1, 0.15) is 11.2 Å². The minimum absolute atomic E-state index is 0.0917. The van der Waals surface area contributed by atoms with Gasteiger partial charge in [-0.05, 0) is 19.3 Å². The quantitative estimate of drug-likeness (QED) is 0.567. The van der Waals surface area contributed by atoms with Crippen LogP contribution in [0.1, 0.15) is 39.0 Å². The van der Waals surface area contributed by atoms with Crippen molar-refractivity contribution in [1.82, 2.24) is 0 Å². The molecule has 0 heterocycles. The Morgan fingerprint density at radius 1 is 1.11 bits per heavy atom. The number of amides is 1. The molecule has 0 aliphatic carbocycles. The number of ether oxygens (including phenoxy) is 2. The van der Waals surface area contributed by atoms with Gasteiger partial charge in [-0.25, -0.2) is 0 Å². The third-order valence-corrected chi connectivity index (χ3v) is 3.23. The Morgan fingerprint density at radius 3 is 1.94 bits per heavy atom. The van der Waals surface area contributed by atoms with E-state index >= 15 is 0 Å². The monoisotopic (exact) mass is 259 g/mol. The lowest BCUT2D eigenvalue weighted by Gasteiger charge is -2.28. The molecule has 0 unspecified atom stereocenters. The standard InChI is InChI=1S/C13H25NO4/c1-4-5-6-11(15)13(12(14)16,7-9-17-2)8-10-18-3/h4-10H2,1-3H3,(H2,14,16). The van der Waals surface area contributed by atoms with Crippen LogP contribution < -0.4 is 5.73 Å². The van der Waals surface area contributed by atoms with E-state index in [4.69, 9.17) is 15.2 Å². The van der Waals surface area contributed by atoms with Gasteiger partial charge in [0, 0.05) is 33.9 Å². The van der Waals surface area contributed by atoms with E-state index in [-0.39, 0.29) is 5.78 Å². The highest BCUT2D eigenvalue weighted by Crippen LogP contribution is 2.30. The van der Waals surface area contributed by atoms with E-state index in [0.29, 0.717) is 32.5 Å². The van der Waals surface area contributed by atoms with Gasteiger partial charge in [0.15, 0.2) is 0 Å². The maximum absolute atomic E-state index is 12.3. The molecule has 18 heavy (non-hydrogen) atoms. The second kappa shape index (κ2) is 9.05. The van der Waals surface area contributed by atoms with Crippen LogP contribution in [0.3, 0.4) is 0 Å². The molecule has 106 valence electrons. The summed E-state index contributed by atoms with van der Waals surface area (Å²) in [6.45, 7) is 2.68. The Balaban J connectivity index is 4.91. The first kappa shape index (κ1) is 17.1. The van der Waals surface area contributed by atoms with E-state index in [1.165, 1.54) is 0 Å². The number of methoxy groups -OCH3 is 2. The van der Waals surface area contributed by atoms with Gasteiger partial charge in [-0.15, -0.1) is 0 Å². The fourth-order valence-corrected chi connectivity index (χ4v) is 1.92. The highest BCUT2D eigenvalue weighted by Gasteiger charge is 2.42. The normalized spacial score (nSPS) is 11.5. The molecule has 0 bridgehead atoms. The van der Waals surface area contributed by atoms with E-state index in [9.17, 15) is 9.59 Å². The minimum Gasteiger partial charge on any atom is -0.385 e. The number of rotatable bonds is 11. The fourth-order valence-electron chi connectivity index (χ4n) is 1.92. The maximum Gasteiger partial charge on any atom is 0.231 e. The molecule has 0 atom stereocenters. The SMILES string of the molecule is CCCCC(=O)C(CCOC)(CCOC)C(N)=O. The van der Waals surface area contributed by atoms with Crippen molar-refractivity contribution in [3.05, 3.63) is 0 Å². The first-order valence-corrected chi connectivity index (χ1v) is 6.36. The number of primary amides is 1. The van der Waals surface area contributed by atoms with Gasteiger partial charge in [-0.3, -0.25) is 9.59 Å². The lowest BCUT2D eigenvalue weighted by atomic mass is 9.75. The molecular formula is C13H25NO4. The number of nitrogens with two attached hydrogens (primary N) is 1. The van der Waals surface area contributed by atoms with Crippen LogP contribution in [0.25, 0.3) is 0 Å². The second-order valence-corrected chi connectivity index (χ2v) is 4.46. The van der Waals surface area contributed by atoms with Crippen LogP contribution in [0.15, 0.2) is 0 Å². The fraction of sp³-hybridized carbons (Fsp3) is 0.846. The first-order valence-electron chi connectivity index (χ1n) is 6.36. The van der Waals surface area contributed by atoms with E-state index in [0.717, 1.165) is 12.8 Å². The number of ketones is 1. The summed E-state index contributed by atoms with van der Waals surface area (Å²) in [7, 11) is 3.08. The largest absolute Gasteiger partial charge is 0.385 e. The molecule has 0 aromatic heterocycles. The predicted octanol–water partition coefficient (Wildman–Crippen LogP) is 1.29. The molecule has 5 heteroatoms. The molecule has 0 aliphatic heterocycles. The highest BCUT2D eigenvalue weighted by molar-refractivity contribution is 6.05. The topological polar surface area (TPSA) is 78.6 Å². The number of Topliss-reactive ketones (excluding diaryl/α,β-unsaturated/α-hetero) is 1. The van der Waals surface area contributed by atoms with E-state index in [1.807, 2.05) is 6.92 Å².